The highest BCUT2D eigenvalue weighted by atomic mass is 16.3. The second kappa shape index (κ2) is 5.96. The minimum atomic E-state index is -0.430. The van der Waals surface area contributed by atoms with Crippen LogP contribution in [0.1, 0.15) is 19.8 Å². The third kappa shape index (κ3) is 4.28. The van der Waals surface area contributed by atoms with Crippen LogP contribution in [-0.4, -0.2) is 65.9 Å². The van der Waals surface area contributed by atoms with Crippen LogP contribution in [0.25, 0.3) is 0 Å². The van der Waals surface area contributed by atoms with Crippen molar-refractivity contribution >= 4 is 11.7 Å². The first-order valence-corrected chi connectivity index (χ1v) is 5.65. The number of piperidine rings is 1. The molecule has 0 aromatic heterocycles. The molecule has 5 nitrogen and oxygen atoms in total. The summed E-state index contributed by atoms with van der Waals surface area (Å²) in [5, 5.41) is 9.17. The van der Waals surface area contributed by atoms with Crippen LogP contribution in [0.5, 0.6) is 0 Å². The fourth-order valence-corrected chi connectivity index (χ4v) is 1.85. The predicted octanol–water partition coefficient (Wildman–Crippen LogP) is -0.509. The Morgan fingerprint density at radius 1 is 1.50 bits per heavy atom. The third-order valence-electron chi connectivity index (χ3n) is 2.65. The first-order chi connectivity index (χ1) is 7.49. The van der Waals surface area contributed by atoms with Crippen molar-refractivity contribution in [2.45, 2.75) is 25.9 Å². The summed E-state index contributed by atoms with van der Waals surface area (Å²) in [6.07, 6.45) is 0.526. The number of rotatable bonds is 4. The third-order valence-corrected chi connectivity index (χ3v) is 2.65. The van der Waals surface area contributed by atoms with Crippen molar-refractivity contribution in [1.29, 1.82) is 0 Å². The Morgan fingerprint density at radius 2 is 2.06 bits per heavy atom. The van der Waals surface area contributed by atoms with Crippen molar-refractivity contribution < 1.29 is 14.7 Å². The number of carbonyl (C=O) groups excluding carboxylic acids is 2. The molecule has 1 atom stereocenters. The normalized spacial score (nSPS) is 19.0. The van der Waals surface area contributed by atoms with Crippen molar-refractivity contribution in [3.63, 3.8) is 0 Å². The fourth-order valence-electron chi connectivity index (χ4n) is 1.85. The molecule has 5 heteroatoms. The van der Waals surface area contributed by atoms with Crippen LogP contribution in [0.2, 0.25) is 0 Å². The van der Waals surface area contributed by atoms with Crippen molar-refractivity contribution in [3.8, 4) is 0 Å². The van der Waals surface area contributed by atoms with E-state index in [-0.39, 0.29) is 11.7 Å². The molecule has 0 bridgehead atoms. The maximum atomic E-state index is 11.8. The number of likely N-dealkylation sites (tertiary alicyclic amines) is 1. The Bertz CT molecular complexity index is 256. The number of ketones is 1. The van der Waals surface area contributed by atoms with Crippen molar-refractivity contribution in [3.05, 3.63) is 0 Å². The smallest absolute Gasteiger partial charge is 0.236 e. The van der Waals surface area contributed by atoms with Crippen LogP contribution >= 0.6 is 0 Å². The molecule has 1 aliphatic heterocycles. The first-order valence-electron chi connectivity index (χ1n) is 5.65. The maximum absolute atomic E-state index is 11.8. The Balaban J connectivity index is 2.31. The molecule has 0 aromatic rings. The molecule has 1 unspecified atom stereocenters. The monoisotopic (exact) mass is 228 g/mol. The van der Waals surface area contributed by atoms with Crippen LogP contribution in [0.3, 0.4) is 0 Å². The van der Waals surface area contributed by atoms with Crippen molar-refractivity contribution in [1.82, 2.24) is 9.80 Å². The molecule has 0 radical (unpaired) electrons. The summed E-state index contributed by atoms with van der Waals surface area (Å²) in [4.78, 5) is 26.3. The summed E-state index contributed by atoms with van der Waals surface area (Å²) in [7, 11) is 1.81. The van der Waals surface area contributed by atoms with Gasteiger partial charge >= 0.3 is 0 Å². The summed E-state index contributed by atoms with van der Waals surface area (Å²) in [6.45, 7) is 3.57. The lowest BCUT2D eigenvalue weighted by Crippen LogP contribution is -2.44. The molecule has 1 rings (SSSR count). The van der Waals surface area contributed by atoms with Gasteiger partial charge in [-0.25, -0.2) is 0 Å². The number of carbonyl (C=O) groups is 2. The molecule has 1 amide bonds. The lowest BCUT2D eigenvalue weighted by atomic mass is 10.1. The number of aliphatic hydroxyl groups is 1. The first kappa shape index (κ1) is 13.1. The molecule has 1 N–H and O–H groups in total. The minimum Gasteiger partial charge on any atom is -0.392 e. The topological polar surface area (TPSA) is 60.9 Å². The average molecular weight is 228 g/mol. The Kier molecular flexibility index (Phi) is 4.89. The van der Waals surface area contributed by atoms with Crippen molar-refractivity contribution in [2.24, 2.45) is 0 Å². The molecule has 1 saturated heterocycles. The van der Waals surface area contributed by atoms with Gasteiger partial charge in [-0.15, -0.1) is 0 Å². The quantitative estimate of drug-likeness (QED) is 0.704. The zero-order chi connectivity index (χ0) is 12.1. The SMILES string of the molecule is CC(O)CN(C)CC(=O)N1CCC(=O)CC1. The van der Waals surface area contributed by atoms with Gasteiger partial charge in [0.25, 0.3) is 0 Å². The summed E-state index contributed by atoms with van der Waals surface area (Å²) < 4.78 is 0. The van der Waals surface area contributed by atoms with E-state index >= 15 is 0 Å². The summed E-state index contributed by atoms with van der Waals surface area (Å²) >= 11 is 0. The molecule has 16 heavy (non-hydrogen) atoms. The molecule has 0 aliphatic carbocycles. The lowest BCUT2D eigenvalue weighted by molar-refractivity contribution is -0.135. The molecular formula is C11H20N2O3. The van der Waals surface area contributed by atoms with Crippen LogP contribution < -0.4 is 0 Å². The maximum Gasteiger partial charge on any atom is 0.236 e. The molecule has 1 aliphatic rings. The van der Waals surface area contributed by atoms with Gasteiger partial charge in [-0.1, -0.05) is 0 Å². The molecule has 1 fully saturated rings. The van der Waals surface area contributed by atoms with Gasteiger partial charge in [0.15, 0.2) is 0 Å². The highest BCUT2D eigenvalue weighted by Crippen LogP contribution is 2.06. The van der Waals surface area contributed by atoms with Gasteiger partial charge in [-0.2, -0.15) is 0 Å². The standard InChI is InChI=1S/C11H20N2O3/c1-9(14)7-12(2)8-11(16)13-5-3-10(15)4-6-13/h9,14H,3-8H2,1-2H3. The summed E-state index contributed by atoms with van der Waals surface area (Å²) in [5.74, 6) is 0.275. The molecule has 0 aromatic carbocycles. The van der Waals surface area contributed by atoms with E-state index in [0.717, 1.165) is 0 Å². The van der Waals surface area contributed by atoms with E-state index in [1.54, 1.807) is 23.8 Å². The highest BCUT2D eigenvalue weighted by Gasteiger charge is 2.21. The number of likely N-dealkylation sites (N-methyl/N-ethyl adjacent to an activating group) is 1. The van der Waals surface area contributed by atoms with Crippen LogP contribution in [0, 0.1) is 0 Å². The second-order valence-electron chi connectivity index (χ2n) is 4.47. The highest BCUT2D eigenvalue weighted by molar-refractivity contribution is 5.84. The summed E-state index contributed by atoms with van der Waals surface area (Å²) in [5.41, 5.74) is 0. The lowest BCUT2D eigenvalue weighted by Gasteiger charge is -2.28. The number of Topliss-reactive ketones (excluding diaryl/α,β-unsaturated/α-hetero) is 1. The predicted molar refractivity (Wildman–Crippen MR) is 60.0 cm³/mol. The van der Waals surface area contributed by atoms with E-state index in [2.05, 4.69) is 0 Å². The zero-order valence-corrected chi connectivity index (χ0v) is 9.98. The number of amides is 1. The van der Waals surface area contributed by atoms with E-state index < -0.39 is 6.10 Å². The second-order valence-corrected chi connectivity index (χ2v) is 4.47. The summed E-state index contributed by atoms with van der Waals surface area (Å²) in [6, 6.07) is 0. The van der Waals surface area contributed by atoms with Gasteiger partial charge in [-0.05, 0) is 14.0 Å². The largest absolute Gasteiger partial charge is 0.392 e. The number of aliphatic hydroxyl groups excluding tert-OH is 1. The van der Waals surface area contributed by atoms with E-state index in [0.29, 0.717) is 39.0 Å². The molecule has 92 valence electrons. The molecule has 0 saturated carbocycles. The van der Waals surface area contributed by atoms with Crippen molar-refractivity contribution in [2.75, 3.05) is 33.2 Å². The Hall–Kier alpha value is -0.940. The van der Waals surface area contributed by atoms with E-state index in [9.17, 15) is 9.59 Å². The van der Waals surface area contributed by atoms with Gasteiger partial charge < -0.3 is 10.0 Å². The fraction of sp³-hybridized carbons (Fsp3) is 0.818. The van der Waals surface area contributed by atoms with E-state index in [1.165, 1.54) is 0 Å². The van der Waals surface area contributed by atoms with E-state index in [1.807, 2.05) is 0 Å². The number of hydrogen-bond acceptors (Lipinski definition) is 4. The zero-order valence-electron chi connectivity index (χ0n) is 9.98. The van der Waals surface area contributed by atoms with Crippen LogP contribution in [-0.2, 0) is 9.59 Å². The van der Waals surface area contributed by atoms with Crippen LogP contribution in [0.4, 0.5) is 0 Å². The van der Waals surface area contributed by atoms with Gasteiger partial charge in [0.2, 0.25) is 5.91 Å². The molecule has 0 spiro atoms. The Labute approximate surface area is 96.0 Å². The van der Waals surface area contributed by atoms with Gasteiger partial charge in [0.05, 0.1) is 12.6 Å². The molecular weight excluding hydrogens is 208 g/mol. The average Bonchev–Trinajstić information content (AvgIpc) is 2.16. The minimum absolute atomic E-state index is 0.0376. The van der Waals surface area contributed by atoms with Crippen LogP contribution in [0.15, 0.2) is 0 Å². The Morgan fingerprint density at radius 3 is 2.56 bits per heavy atom. The van der Waals surface area contributed by atoms with Gasteiger partial charge in [0, 0.05) is 32.5 Å². The van der Waals surface area contributed by atoms with E-state index in [4.69, 9.17) is 5.11 Å². The molecule has 1 heterocycles. The number of hydrogen-bond donors (Lipinski definition) is 1. The van der Waals surface area contributed by atoms with Gasteiger partial charge in [-0.3, -0.25) is 14.5 Å². The number of nitrogens with zero attached hydrogens (tertiary/aromatic N) is 2. The van der Waals surface area contributed by atoms with Gasteiger partial charge in [0.1, 0.15) is 5.78 Å².